The van der Waals surface area contributed by atoms with Crippen LogP contribution in [0.1, 0.15) is 0 Å². The molecule has 5 aromatic rings. The minimum absolute atomic E-state index is 0.180. The lowest BCUT2D eigenvalue weighted by Crippen LogP contribution is -2.09. The molecule has 6 heteroatoms. The molecule has 0 amide bonds. The SMILES string of the molecule is O=c1[nH]nc(-c2ccc(Nc3nc(-c4ccccc4)cs3)cc2)c2ccccc12. The van der Waals surface area contributed by atoms with Gasteiger partial charge in [0.15, 0.2) is 5.13 Å². The zero-order chi connectivity index (χ0) is 19.6. The van der Waals surface area contributed by atoms with Crippen molar-refractivity contribution in [3.05, 3.63) is 94.6 Å². The molecule has 0 radical (unpaired) electrons. The van der Waals surface area contributed by atoms with Crippen LogP contribution in [0, 0.1) is 0 Å². The Labute approximate surface area is 170 Å². The monoisotopic (exact) mass is 396 g/mol. The molecule has 29 heavy (non-hydrogen) atoms. The molecule has 0 aliphatic carbocycles. The minimum atomic E-state index is -0.180. The Morgan fingerprint density at radius 3 is 2.31 bits per heavy atom. The van der Waals surface area contributed by atoms with Crippen molar-refractivity contribution in [2.24, 2.45) is 0 Å². The third-order valence-electron chi connectivity index (χ3n) is 4.68. The zero-order valence-corrected chi connectivity index (χ0v) is 16.1. The molecule has 5 nitrogen and oxygen atoms in total. The summed E-state index contributed by atoms with van der Waals surface area (Å²) in [7, 11) is 0. The highest BCUT2D eigenvalue weighted by Gasteiger charge is 2.09. The molecule has 0 aliphatic rings. The summed E-state index contributed by atoms with van der Waals surface area (Å²) in [5.41, 5.74) is 4.51. The van der Waals surface area contributed by atoms with E-state index in [4.69, 9.17) is 0 Å². The molecule has 2 N–H and O–H groups in total. The molecule has 2 heterocycles. The topological polar surface area (TPSA) is 70.7 Å². The smallest absolute Gasteiger partial charge is 0.272 e. The predicted octanol–water partition coefficient (Wildman–Crippen LogP) is 5.46. The molecule has 0 unspecified atom stereocenters. The molecule has 0 aliphatic heterocycles. The van der Waals surface area contributed by atoms with E-state index in [1.54, 1.807) is 11.3 Å². The van der Waals surface area contributed by atoms with Gasteiger partial charge in [0.1, 0.15) is 0 Å². The van der Waals surface area contributed by atoms with Gasteiger partial charge >= 0.3 is 0 Å². The lowest BCUT2D eigenvalue weighted by Gasteiger charge is -2.07. The maximum Gasteiger partial charge on any atom is 0.272 e. The van der Waals surface area contributed by atoms with Gasteiger partial charge in [-0.2, -0.15) is 5.10 Å². The number of nitrogens with one attached hydrogen (secondary N) is 2. The summed E-state index contributed by atoms with van der Waals surface area (Å²) in [6.45, 7) is 0. The van der Waals surface area contributed by atoms with Gasteiger partial charge in [-0.05, 0) is 18.2 Å². The highest BCUT2D eigenvalue weighted by Crippen LogP contribution is 2.29. The van der Waals surface area contributed by atoms with Gasteiger partial charge in [0, 0.05) is 27.6 Å². The van der Waals surface area contributed by atoms with Gasteiger partial charge in [0.05, 0.1) is 16.8 Å². The Hall–Kier alpha value is -3.77. The number of nitrogens with zero attached hydrogens (tertiary/aromatic N) is 2. The van der Waals surface area contributed by atoms with Crippen LogP contribution in [0.25, 0.3) is 33.3 Å². The van der Waals surface area contributed by atoms with Gasteiger partial charge in [0.2, 0.25) is 0 Å². The number of hydrogen-bond donors (Lipinski definition) is 2. The van der Waals surface area contributed by atoms with E-state index in [-0.39, 0.29) is 5.56 Å². The fourth-order valence-electron chi connectivity index (χ4n) is 3.24. The quantitative estimate of drug-likeness (QED) is 0.423. The van der Waals surface area contributed by atoms with Crippen molar-refractivity contribution < 1.29 is 0 Å². The van der Waals surface area contributed by atoms with Crippen LogP contribution in [0.3, 0.4) is 0 Å². The van der Waals surface area contributed by atoms with Gasteiger partial charge in [-0.1, -0.05) is 60.7 Å². The summed E-state index contributed by atoms with van der Waals surface area (Å²) in [6, 6.07) is 25.6. The largest absolute Gasteiger partial charge is 0.332 e. The number of anilines is 2. The first kappa shape index (κ1) is 17.3. The number of benzene rings is 3. The molecule has 0 fully saturated rings. The molecule has 0 bridgehead atoms. The van der Waals surface area contributed by atoms with Crippen LogP contribution in [0.5, 0.6) is 0 Å². The van der Waals surface area contributed by atoms with Crippen LogP contribution in [0.2, 0.25) is 0 Å². The van der Waals surface area contributed by atoms with E-state index in [0.29, 0.717) is 5.39 Å². The summed E-state index contributed by atoms with van der Waals surface area (Å²) in [5.74, 6) is 0. The average Bonchev–Trinajstić information content (AvgIpc) is 3.24. The highest BCUT2D eigenvalue weighted by atomic mass is 32.1. The van der Waals surface area contributed by atoms with Crippen molar-refractivity contribution in [2.45, 2.75) is 0 Å². The molecule has 3 aromatic carbocycles. The van der Waals surface area contributed by atoms with Crippen molar-refractivity contribution in [3.8, 4) is 22.5 Å². The molecule has 2 aromatic heterocycles. The standard InChI is InChI=1S/C23H16N4OS/c28-22-19-9-5-4-8-18(19)21(26-27-22)16-10-12-17(13-11-16)24-23-25-20(14-29-23)15-6-2-1-3-7-15/h1-14H,(H,24,25)(H,27,28). The van der Waals surface area contributed by atoms with E-state index in [9.17, 15) is 4.79 Å². The molecule has 0 spiro atoms. The number of thiazole rings is 1. The molecule has 5 rings (SSSR count). The molecule has 0 saturated heterocycles. The molecular formula is C23H16N4OS. The van der Waals surface area contributed by atoms with Crippen LogP contribution in [0.15, 0.2) is 89.0 Å². The normalized spacial score (nSPS) is 10.9. The van der Waals surface area contributed by atoms with E-state index in [1.807, 2.05) is 72.1 Å². The summed E-state index contributed by atoms with van der Waals surface area (Å²) in [6.07, 6.45) is 0. The van der Waals surface area contributed by atoms with Gasteiger partial charge in [0.25, 0.3) is 5.56 Å². The fraction of sp³-hybridized carbons (Fsp3) is 0. The van der Waals surface area contributed by atoms with Crippen molar-refractivity contribution >= 4 is 32.9 Å². The first-order valence-electron chi connectivity index (χ1n) is 9.14. The summed E-state index contributed by atoms with van der Waals surface area (Å²) in [5, 5.41) is 14.5. The predicted molar refractivity (Wildman–Crippen MR) is 119 cm³/mol. The Bertz CT molecular complexity index is 1340. The van der Waals surface area contributed by atoms with E-state index < -0.39 is 0 Å². The lowest BCUT2D eigenvalue weighted by atomic mass is 10.0. The third kappa shape index (κ3) is 3.41. The summed E-state index contributed by atoms with van der Waals surface area (Å²) in [4.78, 5) is 16.7. The van der Waals surface area contributed by atoms with Crippen molar-refractivity contribution in [2.75, 3.05) is 5.32 Å². The number of aromatic nitrogens is 3. The Morgan fingerprint density at radius 2 is 1.52 bits per heavy atom. The van der Waals surface area contributed by atoms with E-state index in [0.717, 1.165) is 38.7 Å². The first-order chi connectivity index (χ1) is 14.3. The number of H-pyrrole nitrogens is 1. The average molecular weight is 396 g/mol. The molecule has 140 valence electrons. The van der Waals surface area contributed by atoms with E-state index >= 15 is 0 Å². The van der Waals surface area contributed by atoms with Crippen LogP contribution in [0.4, 0.5) is 10.8 Å². The zero-order valence-electron chi connectivity index (χ0n) is 15.3. The minimum Gasteiger partial charge on any atom is -0.332 e. The van der Waals surface area contributed by atoms with Crippen molar-refractivity contribution in [3.63, 3.8) is 0 Å². The maximum absolute atomic E-state index is 12.0. The highest BCUT2D eigenvalue weighted by molar-refractivity contribution is 7.14. The second-order valence-corrected chi connectivity index (χ2v) is 7.41. The first-order valence-corrected chi connectivity index (χ1v) is 10.0. The molecule has 0 saturated carbocycles. The van der Waals surface area contributed by atoms with Crippen molar-refractivity contribution in [1.82, 2.24) is 15.2 Å². The molecule has 0 atom stereocenters. The second kappa shape index (κ2) is 7.33. The van der Waals surface area contributed by atoms with E-state index in [2.05, 4.69) is 32.6 Å². The van der Waals surface area contributed by atoms with Crippen LogP contribution in [-0.4, -0.2) is 15.2 Å². The van der Waals surface area contributed by atoms with Gasteiger partial charge in [-0.3, -0.25) is 4.79 Å². The summed E-state index contributed by atoms with van der Waals surface area (Å²) >= 11 is 1.57. The fourth-order valence-corrected chi connectivity index (χ4v) is 3.98. The van der Waals surface area contributed by atoms with E-state index in [1.165, 1.54) is 0 Å². The number of rotatable bonds is 4. The Balaban J connectivity index is 1.41. The molecular weight excluding hydrogens is 380 g/mol. The second-order valence-electron chi connectivity index (χ2n) is 6.55. The van der Waals surface area contributed by atoms with Gasteiger partial charge in [-0.25, -0.2) is 10.1 Å². The Morgan fingerprint density at radius 1 is 0.793 bits per heavy atom. The number of hydrogen-bond acceptors (Lipinski definition) is 5. The number of aromatic amines is 1. The van der Waals surface area contributed by atoms with Gasteiger partial charge in [-0.15, -0.1) is 11.3 Å². The number of fused-ring (bicyclic) bond motifs is 1. The maximum atomic E-state index is 12.0. The van der Waals surface area contributed by atoms with Crippen molar-refractivity contribution in [1.29, 1.82) is 0 Å². The van der Waals surface area contributed by atoms with Crippen LogP contribution >= 0.6 is 11.3 Å². The van der Waals surface area contributed by atoms with Crippen LogP contribution < -0.4 is 10.9 Å². The third-order valence-corrected chi connectivity index (χ3v) is 5.44. The summed E-state index contributed by atoms with van der Waals surface area (Å²) < 4.78 is 0. The van der Waals surface area contributed by atoms with Gasteiger partial charge < -0.3 is 5.32 Å². The Kier molecular flexibility index (Phi) is 4.38. The lowest BCUT2D eigenvalue weighted by molar-refractivity contribution is 1.02. The van der Waals surface area contributed by atoms with Crippen LogP contribution in [-0.2, 0) is 0 Å².